The second-order valence-electron chi connectivity index (χ2n) is 3.88. The van der Waals surface area contributed by atoms with Crippen LogP contribution >= 0.6 is 0 Å². The second kappa shape index (κ2) is 3.90. The van der Waals surface area contributed by atoms with E-state index in [0.29, 0.717) is 0 Å². The maximum absolute atomic E-state index is 11.5. The monoisotopic (exact) mass is 173 g/mol. The van der Waals surface area contributed by atoms with E-state index in [0.717, 1.165) is 0 Å². The lowest BCUT2D eigenvalue weighted by atomic mass is 10.1. The number of carbonyl (C=O) groups excluding carboxylic acids is 1. The van der Waals surface area contributed by atoms with E-state index in [1.165, 1.54) is 0 Å². The number of carbonyl (C=O) groups is 1. The summed E-state index contributed by atoms with van der Waals surface area (Å²) in [5, 5.41) is 0. The van der Waals surface area contributed by atoms with Gasteiger partial charge in [0, 0.05) is 14.1 Å². The third-order valence-corrected chi connectivity index (χ3v) is 1.45. The van der Waals surface area contributed by atoms with Crippen molar-refractivity contribution in [2.75, 3.05) is 14.1 Å². The molecular formula is C9H19NO2. The zero-order chi connectivity index (χ0) is 9.94. The van der Waals surface area contributed by atoms with Gasteiger partial charge in [-0.15, -0.1) is 0 Å². The van der Waals surface area contributed by atoms with Crippen LogP contribution in [-0.2, 0) is 9.53 Å². The van der Waals surface area contributed by atoms with E-state index < -0.39 is 5.60 Å². The van der Waals surface area contributed by atoms with Crippen molar-refractivity contribution in [3.63, 3.8) is 0 Å². The number of hydrogen-bond acceptors (Lipinski definition) is 2. The average Bonchev–Trinajstić information content (AvgIpc) is 1.82. The van der Waals surface area contributed by atoms with Crippen molar-refractivity contribution in [3.8, 4) is 0 Å². The highest BCUT2D eigenvalue weighted by Crippen LogP contribution is 2.14. The predicted molar refractivity (Wildman–Crippen MR) is 49.0 cm³/mol. The lowest BCUT2D eigenvalue weighted by molar-refractivity contribution is -0.156. The largest absolute Gasteiger partial charge is 0.363 e. The number of hydrogen-bond donors (Lipinski definition) is 0. The normalized spacial score (nSPS) is 11.9. The van der Waals surface area contributed by atoms with Crippen LogP contribution < -0.4 is 0 Å². The van der Waals surface area contributed by atoms with Crippen LogP contribution in [0.5, 0.6) is 0 Å². The number of amides is 1. The molecule has 0 N–H and O–H groups in total. The molecule has 0 aromatic rings. The molecule has 0 saturated heterocycles. The zero-order valence-electron chi connectivity index (χ0n) is 8.84. The molecule has 0 rings (SSSR count). The topological polar surface area (TPSA) is 29.5 Å². The molecule has 12 heavy (non-hydrogen) atoms. The van der Waals surface area contributed by atoms with Crippen molar-refractivity contribution in [3.05, 3.63) is 0 Å². The van der Waals surface area contributed by atoms with Crippen LogP contribution in [-0.4, -0.2) is 36.6 Å². The van der Waals surface area contributed by atoms with Gasteiger partial charge < -0.3 is 9.64 Å². The van der Waals surface area contributed by atoms with E-state index in [1.807, 2.05) is 13.8 Å². The van der Waals surface area contributed by atoms with E-state index in [4.69, 9.17) is 4.74 Å². The first-order valence-corrected chi connectivity index (χ1v) is 4.17. The van der Waals surface area contributed by atoms with Crippen molar-refractivity contribution in [1.29, 1.82) is 0 Å². The first-order chi connectivity index (χ1) is 5.27. The summed E-state index contributed by atoms with van der Waals surface area (Å²) in [5.41, 5.74) is -0.711. The summed E-state index contributed by atoms with van der Waals surface area (Å²) in [6.45, 7) is 7.42. The third kappa shape index (κ3) is 3.22. The molecule has 0 spiro atoms. The zero-order valence-corrected chi connectivity index (χ0v) is 8.84. The van der Waals surface area contributed by atoms with Gasteiger partial charge >= 0.3 is 0 Å². The minimum atomic E-state index is -0.711. The minimum Gasteiger partial charge on any atom is -0.363 e. The number of ether oxygens (including phenoxy) is 1. The molecule has 0 saturated carbocycles. The van der Waals surface area contributed by atoms with Crippen molar-refractivity contribution in [1.82, 2.24) is 4.90 Å². The molecule has 0 radical (unpaired) electrons. The molecule has 0 aliphatic rings. The quantitative estimate of drug-likeness (QED) is 0.643. The molecule has 0 bridgehead atoms. The molecule has 0 aromatic carbocycles. The molecule has 3 nitrogen and oxygen atoms in total. The molecule has 0 aliphatic carbocycles. The van der Waals surface area contributed by atoms with Gasteiger partial charge in [0.25, 0.3) is 5.91 Å². The van der Waals surface area contributed by atoms with Gasteiger partial charge in [-0.3, -0.25) is 4.79 Å². The van der Waals surface area contributed by atoms with Gasteiger partial charge in [0.15, 0.2) is 0 Å². The van der Waals surface area contributed by atoms with Crippen LogP contribution in [0.15, 0.2) is 0 Å². The first kappa shape index (κ1) is 11.4. The highest BCUT2D eigenvalue weighted by Gasteiger charge is 2.30. The summed E-state index contributed by atoms with van der Waals surface area (Å²) in [6, 6.07) is 0. The first-order valence-electron chi connectivity index (χ1n) is 4.17. The van der Waals surface area contributed by atoms with Gasteiger partial charge in [0.1, 0.15) is 5.60 Å². The van der Waals surface area contributed by atoms with Gasteiger partial charge in [0.05, 0.1) is 6.10 Å². The van der Waals surface area contributed by atoms with Gasteiger partial charge in [-0.05, 0) is 27.7 Å². The van der Waals surface area contributed by atoms with E-state index in [1.54, 1.807) is 32.8 Å². The Bertz CT molecular complexity index is 162. The standard InChI is InChI=1S/C9H19NO2/c1-7(2)12-9(3,4)8(11)10(5)6/h7H,1-6H3. The van der Waals surface area contributed by atoms with Gasteiger partial charge in [0.2, 0.25) is 0 Å². The molecule has 0 heterocycles. The molecule has 0 aromatic heterocycles. The Morgan fingerprint density at radius 1 is 1.33 bits per heavy atom. The van der Waals surface area contributed by atoms with Crippen molar-refractivity contribution in [2.45, 2.75) is 39.4 Å². The molecule has 0 unspecified atom stereocenters. The molecular weight excluding hydrogens is 154 g/mol. The van der Waals surface area contributed by atoms with E-state index >= 15 is 0 Å². The lowest BCUT2D eigenvalue weighted by Gasteiger charge is -2.29. The maximum Gasteiger partial charge on any atom is 0.253 e. The maximum atomic E-state index is 11.5. The summed E-state index contributed by atoms with van der Waals surface area (Å²) in [4.78, 5) is 13.0. The van der Waals surface area contributed by atoms with Crippen LogP contribution in [0.1, 0.15) is 27.7 Å². The van der Waals surface area contributed by atoms with E-state index in [2.05, 4.69) is 0 Å². The van der Waals surface area contributed by atoms with Crippen LogP contribution in [0.4, 0.5) is 0 Å². The smallest absolute Gasteiger partial charge is 0.253 e. The van der Waals surface area contributed by atoms with Crippen molar-refractivity contribution >= 4 is 5.91 Å². The second-order valence-corrected chi connectivity index (χ2v) is 3.88. The fourth-order valence-corrected chi connectivity index (χ4v) is 1.18. The summed E-state index contributed by atoms with van der Waals surface area (Å²) in [6.07, 6.45) is 0.0731. The molecule has 3 heteroatoms. The molecule has 72 valence electrons. The fourth-order valence-electron chi connectivity index (χ4n) is 1.18. The van der Waals surface area contributed by atoms with Crippen LogP contribution in [0.2, 0.25) is 0 Å². The SMILES string of the molecule is CC(C)OC(C)(C)C(=O)N(C)C. The highest BCUT2D eigenvalue weighted by atomic mass is 16.5. The van der Waals surface area contributed by atoms with Crippen molar-refractivity contribution in [2.24, 2.45) is 0 Å². The Morgan fingerprint density at radius 2 is 1.75 bits per heavy atom. The summed E-state index contributed by atoms with van der Waals surface area (Å²) < 4.78 is 5.47. The molecule has 1 amide bonds. The van der Waals surface area contributed by atoms with E-state index in [9.17, 15) is 4.79 Å². The van der Waals surface area contributed by atoms with Crippen LogP contribution in [0.3, 0.4) is 0 Å². The molecule has 0 atom stereocenters. The Morgan fingerprint density at radius 3 is 2.00 bits per heavy atom. The molecule has 0 aliphatic heterocycles. The van der Waals surface area contributed by atoms with Crippen LogP contribution in [0, 0.1) is 0 Å². The summed E-state index contributed by atoms with van der Waals surface area (Å²) >= 11 is 0. The number of rotatable bonds is 3. The van der Waals surface area contributed by atoms with Crippen LogP contribution in [0.25, 0.3) is 0 Å². The third-order valence-electron chi connectivity index (χ3n) is 1.45. The van der Waals surface area contributed by atoms with Gasteiger partial charge in [-0.2, -0.15) is 0 Å². The number of likely N-dealkylation sites (N-methyl/N-ethyl adjacent to an activating group) is 1. The summed E-state index contributed by atoms with van der Waals surface area (Å²) in [7, 11) is 3.46. The summed E-state index contributed by atoms with van der Waals surface area (Å²) in [5.74, 6) is -0.00352. The Hall–Kier alpha value is -0.570. The minimum absolute atomic E-state index is 0.00352. The Labute approximate surface area is 74.7 Å². The Kier molecular flexibility index (Phi) is 3.71. The highest BCUT2D eigenvalue weighted by molar-refractivity contribution is 5.83. The predicted octanol–water partition coefficient (Wildman–Crippen LogP) is 1.28. The fraction of sp³-hybridized carbons (Fsp3) is 0.889. The van der Waals surface area contributed by atoms with Crippen molar-refractivity contribution < 1.29 is 9.53 Å². The number of nitrogens with zero attached hydrogens (tertiary/aromatic N) is 1. The average molecular weight is 173 g/mol. The Balaban J connectivity index is 4.29. The van der Waals surface area contributed by atoms with Gasteiger partial charge in [-0.1, -0.05) is 0 Å². The molecule has 0 fully saturated rings. The van der Waals surface area contributed by atoms with E-state index in [-0.39, 0.29) is 12.0 Å². The lowest BCUT2D eigenvalue weighted by Crippen LogP contribution is -2.44. The van der Waals surface area contributed by atoms with Gasteiger partial charge in [-0.25, -0.2) is 0 Å².